The number of halogens is 4. The number of carbonyl (C=O) groups excluding carboxylic acids is 1. The smallest absolute Gasteiger partial charge is 0.255 e. The molecule has 0 bridgehead atoms. The zero-order valence-electron chi connectivity index (χ0n) is 13.0. The third kappa shape index (κ3) is 4.18. The molecule has 1 saturated carbocycles. The van der Waals surface area contributed by atoms with E-state index in [1.807, 2.05) is 0 Å². The molecule has 0 spiro atoms. The topological polar surface area (TPSA) is 75.3 Å². The van der Waals surface area contributed by atoms with E-state index in [1.165, 1.54) is 22.6 Å². The second-order valence-corrected chi connectivity index (χ2v) is 8.51. The lowest BCUT2D eigenvalue weighted by atomic mass is 10.2. The summed E-state index contributed by atoms with van der Waals surface area (Å²) in [6, 6.07) is 4.45. The third-order valence-corrected chi connectivity index (χ3v) is 6.19. The van der Waals surface area contributed by atoms with E-state index in [9.17, 15) is 26.4 Å². The molecule has 0 unspecified atom stereocenters. The Morgan fingerprint density at radius 3 is 2.23 bits per heavy atom. The lowest BCUT2D eigenvalue weighted by Crippen LogP contribution is -2.27. The summed E-state index contributed by atoms with van der Waals surface area (Å²) in [5, 5.41) is 2.26. The summed E-state index contributed by atoms with van der Waals surface area (Å²) in [4.78, 5) is 11.6. The monoisotopic (exact) mass is 496 g/mol. The van der Waals surface area contributed by atoms with Crippen LogP contribution in [0.1, 0.15) is 23.2 Å². The summed E-state index contributed by atoms with van der Waals surface area (Å²) >= 11 is 1.48. The number of hydrogen-bond donors (Lipinski definition) is 2. The highest BCUT2D eigenvalue weighted by Crippen LogP contribution is 2.25. The van der Waals surface area contributed by atoms with Crippen molar-refractivity contribution >= 4 is 44.2 Å². The van der Waals surface area contributed by atoms with E-state index in [4.69, 9.17) is 0 Å². The van der Waals surface area contributed by atoms with Gasteiger partial charge in [-0.1, -0.05) is 0 Å². The molecule has 0 saturated heterocycles. The minimum atomic E-state index is -4.10. The first-order valence-corrected chi connectivity index (χ1v) is 10.0. The largest absolute Gasteiger partial charge is 0.322 e. The van der Waals surface area contributed by atoms with Crippen molar-refractivity contribution in [2.24, 2.45) is 0 Å². The van der Waals surface area contributed by atoms with Crippen LogP contribution in [0.4, 0.5) is 18.9 Å². The van der Waals surface area contributed by atoms with Crippen LogP contribution in [0.3, 0.4) is 0 Å². The van der Waals surface area contributed by atoms with Gasteiger partial charge in [-0.05, 0) is 65.8 Å². The van der Waals surface area contributed by atoms with Crippen LogP contribution in [0.5, 0.6) is 0 Å². The molecule has 26 heavy (non-hydrogen) atoms. The molecular weight excluding hydrogens is 484 g/mol. The van der Waals surface area contributed by atoms with Crippen LogP contribution in [-0.2, 0) is 10.0 Å². The summed E-state index contributed by atoms with van der Waals surface area (Å²) in [7, 11) is -4.10. The maximum absolute atomic E-state index is 13.9. The van der Waals surface area contributed by atoms with Crippen molar-refractivity contribution < 1.29 is 26.4 Å². The van der Waals surface area contributed by atoms with Gasteiger partial charge >= 0.3 is 0 Å². The molecule has 0 heterocycles. The third-order valence-electron chi connectivity index (χ3n) is 3.62. The number of rotatable bonds is 5. The molecule has 3 rings (SSSR count). The fourth-order valence-electron chi connectivity index (χ4n) is 2.17. The Bertz CT molecular complexity index is 971. The Kier molecular flexibility index (Phi) is 5.26. The molecule has 5 nitrogen and oxygen atoms in total. The quantitative estimate of drug-likeness (QED) is 0.493. The van der Waals surface area contributed by atoms with Gasteiger partial charge < -0.3 is 5.32 Å². The number of sulfonamides is 1. The standard InChI is InChI=1S/C16H12F3IN2O3S/c17-11-4-1-8(5-14(11)26(24,25)22-9-2-3-9)16(23)21-10-6-12(18)15(20)13(19)7-10/h1,4-7,9,22H,2-3H2,(H,21,23). The predicted octanol–water partition coefficient (Wildman–Crippen LogP) is 3.40. The number of hydrogen-bond acceptors (Lipinski definition) is 3. The fraction of sp³-hybridized carbons (Fsp3) is 0.188. The van der Waals surface area contributed by atoms with Crippen molar-refractivity contribution in [2.75, 3.05) is 5.32 Å². The second kappa shape index (κ2) is 7.16. The average Bonchev–Trinajstić information content (AvgIpc) is 3.36. The number of anilines is 1. The summed E-state index contributed by atoms with van der Waals surface area (Å²) < 4.78 is 67.5. The molecule has 1 aliphatic carbocycles. The maximum atomic E-state index is 13.9. The maximum Gasteiger partial charge on any atom is 0.255 e. The predicted molar refractivity (Wildman–Crippen MR) is 96.8 cm³/mol. The molecule has 2 N–H and O–H groups in total. The number of benzene rings is 2. The first-order valence-electron chi connectivity index (χ1n) is 7.45. The van der Waals surface area contributed by atoms with Crippen molar-refractivity contribution in [2.45, 2.75) is 23.8 Å². The Labute approximate surface area is 161 Å². The summed E-state index contributed by atoms with van der Waals surface area (Å²) in [6.45, 7) is 0. The molecule has 2 aromatic carbocycles. The molecule has 0 aliphatic heterocycles. The van der Waals surface area contributed by atoms with Crippen molar-refractivity contribution in [3.63, 3.8) is 0 Å². The Morgan fingerprint density at radius 2 is 1.65 bits per heavy atom. The lowest BCUT2D eigenvalue weighted by molar-refractivity contribution is 0.102. The van der Waals surface area contributed by atoms with Gasteiger partial charge in [0.2, 0.25) is 10.0 Å². The van der Waals surface area contributed by atoms with E-state index in [1.54, 1.807) is 0 Å². The van der Waals surface area contributed by atoms with Crippen molar-refractivity contribution in [3.8, 4) is 0 Å². The van der Waals surface area contributed by atoms with E-state index >= 15 is 0 Å². The van der Waals surface area contributed by atoms with E-state index in [2.05, 4.69) is 10.0 Å². The van der Waals surface area contributed by atoms with Crippen molar-refractivity contribution in [1.82, 2.24) is 4.72 Å². The van der Waals surface area contributed by atoms with Gasteiger partial charge in [0, 0.05) is 17.3 Å². The SMILES string of the molecule is O=C(Nc1cc(F)c(I)c(F)c1)c1ccc(F)c(S(=O)(=O)NC2CC2)c1. The Hall–Kier alpha value is -1.66. The normalized spacial score (nSPS) is 14.3. The molecule has 0 atom stereocenters. The zero-order valence-corrected chi connectivity index (χ0v) is 16.0. The number of amides is 1. The first kappa shape index (κ1) is 19.1. The summed E-state index contributed by atoms with van der Waals surface area (Å²) in [5.74, 6) is -3.53. The van der Waals surface area contributed by atoms with Gasteiger partial charge in [0.05, 0.1) is 3.57 Å². The van der Waals surface area contributed by atoms with Gasteiger partial charge in [0.25, 0.3) is 5.91 Å². The number of carbonyl (C=O) groups is 1. The van der Waals surface area contributed by atoms with Gasteiger partial charge in [0.1, 0.15) is 22.3 Å². The van der Waals surface area contributed by atoms with E-state index in [-0.39, 0.29) is 20.9 Å². The van der Waals surface area contributed by atoms with E-state index in [0.29, 0.717) is 12.8 Å². The second-order valence-electron chi connectivity index (χ2n) is 5.75. The van der Waals surface area contributed by atoms with E-state index < -0.39 is 38.3 Å². The van der Waals surface area contributed by atoms with Gasteiger partial charge in [0.15, 0.2) is 0 Å². The molecule has 138 valence electrons. The highest BCUT2D eigenvalue weighted by molar-refractivity contribution is 14.1. The van der Waals surface area contributed by atoms with Crippen LogP contribution >= 0.6 is 22.6 Å². The Morgan fingerprint density at radius 1 is 1.04 bits per heavy atom. The molecule has 2 aromatic rings. The van der Waals surface area contributed by atoms with Gasteiger partial charge in [-0.15, -0.1) is 0 Å². The van der Waals surface area contributed by atoms with Crippen LogP contribution in [0, 0.1) is 21.0 Å². The number of nitrogens with one attached hydrogen (secondary N) is 2. The molecule has 10 heteroatoms. The summed E-state index contributed by atoms with van der Waals surface area (Å²) in [6.07, 6.45) is 1.34. The minimum Gasteiger partial charge on any atom is -0.322 e. The van der Waals surface area contributed by atoms with Gasteiger partial charge in [-0.3, -0.25) is 4.79 Å². The zero-order chi connectivity index (χ0) is 19.1. The van der Waals surface area contributed by atoms with Crippen LogP contribution in [0.15, 0.2) is 35.2 Å². The lowest BCUT2D eigenvalue weighted by Gasteiger charge is -2.10. The first-order chi connectivity index (χ1) is 12.2. The van der Waals surface area contributed by atoms with Crippen LogP contribution < -0.4 is 10.0 Å². The molecule has 1 aliphatic rings. The molecule has 1 amide bonds. The van der Waals surface area contributed by atoms with Crippen molar-refractivity contribution in [3.05, 3.63) is 56.9 Å². The van der Waals surface area contributed by atoms with Crippen molar-refractivity contribution in [1.29, 1.82) is 0 Å². The van der Waals surface area contributed by atoms with Gasteiger partial charge in [-0.25, -0.2) is 26.3 Å². The van der Waals surface area contributed by atoms with Crippen LogP contribution in [0.2, 0.25) is 0 Å². The average molecular weight is 496 g/mol. The van der Waals surface area contributed by atoms with Gasteiger partial charge in [-0.2, -0.15) is 0 Å². The highest BCUT2D eigenvalue weighted by Gasteiger charge is 2.30. The fourth-order valence-corrected chi connectivity index (χ4v) is 3.89. The molecule has 0 aromatic heterocycles. The molecule has 0 radical (unpaired) electrons. The highest BCUT2D eigenvalue weighted by atomic mass is 127. The Balaban J connectivity index is 1.87. The molecular formula is C16H12F3IN2O3S. The van der Waals surface area contributed by atoms with Crippen LogP contribution in [0.25, 0.3) is 0 Å². The molecule has 1 fully saturated rings. The van der Waals surface area contributed by atoms with Crippen LogP contribution in [-0.4, -0.2) is 20.4 Å². The van der Waals surface area contributed by atoms with E-state index in [0.717, 1.165) is 30.3 Å². The summed E-state index contributed by atoms with van der Waals surface area (Å²) in [5.41, 5.74) is -0.308. The minimum absolute atomic E-state index is 0.143.